The van der Waals surface area contributed by atoms with Crippen LogP contribution in [0, 0.1) is 0 Å². The lowest BCUT2D eigenvalue weighted by molar-refractivity contribution is -0.117. The smallest absolute Gasteiger partial charge is 0.144 e. The third kappa shape index (κ3) is 3.25. The van der Waals surface area contributed by atoms with E-state index in [1.54, 1.807) is 17.5 Å². The van der Waals surface area contributed by atoms with Gasteiger partial charge in [0.2, 0.25) is 0 Å². The van der Waals surface area contributed by atoms with Gasteiger partial charge in [-0.1, -0.05) is 6.07 Å². The molecule has 2 aromatic rings. The van der Waals surface area contributed by atoms with Gasteiger partial charge in [-0.05, 0) is 39.5 Å². The van der Waals surface area contributed by atoms with Crippen molar-refractivity contribution in [2.75, 3.05) is 0 Å². The molecule has 0 aliphatic carbocycles. The molecule has 0 fully saturated rings. The Bertz CT molecular complexity index is 464. The lowest BCUT2D eigenvalue weighted by atomic mass is 10.1. The zero-order valence-electron chi connectivity index (χ0n) is 8.52. The Morgan fingerprint density at radius 3 is 2.81 bits per heavy atom. The molecule has 16 heavy (non-hydrogen) atoms. The average Bonchev–Trinajstić information content (AvgIpc) is 2.74. The Labute approximate surface area is 106 Å². The third-order valence-corrected chi connectivity index (χ3v) is 3.46. The number of pyridine rings is 1. The quantitative estimate of drug-likeness (QED) is 0.867. The second-order valence-corrected chi connectivity index (χ2v) is 5.39. The molecule has 2 rings (SSSR count). The maximum atomic E-state index is 11.7. The molecule has 4 heteroatoms. The molecule has 0 aromatic carbocycles. The van der Waals surface area contributed by atoms with E-state index in [2.05, 4.69) is 20.9 Å². The van der Waals surface area contributed by atoms with Crippen LogP contribution in [0.3, 0.4) is 0 Å². The number of nitrogens with zero attached hydrogens (tertiary/aromatic N) is 1. The maximum absolute atomic E-state index is 11.7. The van der Waals surface area contributed by atoms with Crippen LogP contribution in [-0.2, 0) is 17.6 Å². The molecular weight excluding hydrogens is 286 g/mol. The minimum atomic E-state index is 0.206. The van der Waals surface area contributed by atoms with Crippen LogP contribution >= 0.6 is 27.3 Å². The summed E-state index contributed by atoms with van der Waals surface area (Å²) in [6.07, 6.45) is 2.63. The fourth-order valence-corrected chi connectivity index (χ4v) is 2.35. The first-order valence-corrected chi connectivity index (χ1v) is 6.56. The van der Waals surface area contributed by atoms with Crippen molar-refractivity contribution in [1.82, 2.24) is 4.98 Å². The first-order valence-electron chi connectivity index (χ1n) is 4.88. The highest BCUT2D eigenvalue weighted by Gasteiger charge is 2.06. The largest absolute Gasteiger partial charge is 0.299 e. The number of thiophene rings is 1. The van der Waals surface area contributed by atoms with Gasteiger partial charge in [-0.2, -0.15) is 0 Å². The molecule has 2 aromatic heterocycles. The van der Waals surface area contributed by atoms with Gasteiger partial charge in [-0.15, -0.1) is 11.3 Å². The Hall–Kier alpha value is -1.00. The highest BCUT2D eigenvalue weighted by atomic mass is 79.9. The number of aromatic nitrogens is 1. The average molecular weight is 296 g/mol. The van der Waals surface area contributed by atoms with Gasteiger partial charge in [-0.25, -0.2) is 0 Å². The number of carbonyl (C=O) groups excluding carboxylic acids is 1. The molecule has 2 heterocycles. The van der Waals surface area contributed by atoms with Crippen LogP contribution in [0.15, 0.2) is 40.3 Å². The molecular formula is C12H10BrNOS. The van der Waals surface area contributed by atoms with Crippen molar-refractivity contribution in [2.24, 2.45) is 0 Å². The number of carbonyl (C=O) groups is 1. The third-order valence-electron chi connectivity index (χ3n) is 2.12. The Balaban J connectivity index is 1.95. The van der Waals surface area contributed by atoms with E-state index in [1.165, 1.54) is 0 Å². The summed E-state index contributed by atoms with van der Waals surface area (Å²) in [6.45, 7) is 0. The van der Waals surface area contributed by atoms with Crippen LogP contribution in [0.4, 0.5) is 0 Å². The molecule has 0 aliphatic rings. The second-order valence-electron chi connectivity index (χ2n) is 3.44. The predicted octanol–water partition coefficient (Wildman–Crippen LogP) is 3.26. The van der Waals surface area contributed by atoms with Gasteiger partial charge < -0.3 is 0 Å². The summed E-state index contributed by atoms with van der Waals surface area (Å²) in [4.78, 5) is 17.0. The van der Waals surface area contributed by atoms with E-state index in [0.717, 1.165) is 15.0 Å². The molecule has 0 aliphatic heterocycles. The summed E-state index contributed by atoms with van der Waals surface area (Å²) in [6, 6.07) is 7.72. The topological polar surface area (TPSA) is 30.0 Å². The number of Topliss-reactive ketones (excluding diaryl/α,β-unsaturated/α-hetero) is 1. The number of hydrogen-bond donors (Lipinski definition) is 0. The van der Waals surface area contributed by atoms with E-state index >= 15 is 0 Å². The number of rotatable bonds is 4. The zero-order valence-corrected chi connectivity index (χ0v) is 10.9. The number of halogens is 1. The molecule has 0 bridgehead atoms. The van der Waals surface area contributed by atoms with Crippen molar-refractivity contribution in [3.8, 4) is 0 Å². The van der Waals surface area contributed by atoms with Gasteiger partial charge in [0, 0.05) is 34.1 Å². The second kappa shape index (κ2) is 5.37. The van der Waals surface area contributed by atoms with Gasteiger partial charge in [0.1, 0.15) is 5.78 Å². The molecule has 0 radical (unpaired) electrons. The van der Waals surface area contributed by atoms with Crippen molar-refractivity contribution in [1.29, 1.82) is 0 Å². The first kappa shape index (κ1) is 11.5. The van der Waals surface area contributed by atoms with E-state index in [4.69, 9.17) is 0 Å². The summed E-state index contributed by atoms with van der Waals surface area (Å²) >= 11 is 4.93. The van der Waals surface area contributed by atoms with Gasteiger partial charge in [0.15, 0.2) is 0 Å². The fourth-order valence-electron chi connectivity index (χ4n) is 1.38. The Morgan fingerprint density at radius 2 is 2.19 bits per heavy atom. The molecule has 0 atom stereocenters. The van der Waals surface area contributed by atoms with E-state index in [1.807, 2.05) is 29.6 Å². The molecule has 2 nitrogen and oxygen atoms in total. The van der Waals surface area contributed by atoms with Crippen molar-refractivity contribution in [2.45, 2.75) is 12.8 Å². The summed E-state index contributed by atoms with van der Waals surface area (Å²) in [7, 11) is 0. The number of hydrogen-bond acceptors (Lipinski definition) is 3. The van der Waals surface area contributed by atoms with Crippen LogP contribution in [0.25, 0.3) is 0 Å². The minimum Gasteiger partial charge on any atom is -0.299 e. The lowest BCUT2D eigenvalue weighted by Gasteiger charge is -1.99. The van der Waals surface area contributed by atoms with Crippen molar-refractivity contribution in [3.63, 3.8) is 0 Å². The molecule has 0 spiro atoms. The van der Waals surface area contributed by atoms with E-state index in [0.29, 0.717) is 12.8 Å². The standard InChI is InChI=1S/C12H10BrNOS/c13-9-3-4-10(14-8-9)6-11(15)7-12-2-1-5-16-12/h1-5,8H,6-7H2. The first-order chi connectivity index (χ1) is 7.74. The van der Waals surface area contributed by atoms with Crippen LogP contribution in [0.1, 0.15) is 10.6 Å². The molecule has 0 unspecified atom stereocenters. The van der Waals surface area contributed by atoms with E-state index in [9.17, 15) is 4.79 Å². The highest BCUT2D eigenvalue weighted by Crippen LogP contribution is 2.12. The maximum Gasteiger partial charge on any atom is 0.144 e. The fraction of sp³-hybridized carbons (Fsp3) is 0.167. The molecule has 82 valence electrons. The van der Waals surface area contributed by atoms with Crippen molar-refractivity contribution in [3.05, 3.63) is 50.9 Å². The summed E-state index contributed by atoms with van der Waals surface area (Å²) in [5.74, 6) is 0.206. The molecule has 0 amide bonds. The van der Waals surface area contributed by atoms with Crippen LogP contribution in [-0.4, -0.2) is 10.8 Å². The molecule has 0 saturated carbocycles. The zero-order chi connectivity index (χ0) is 11.4. The highest BCUT2D eigenvalue weighted by molar-refractivity contribution is 9.10. The summed E-state index contributed by atoms with van der Waals surface area (Å²) in [5.41, 5.74) is 0.824. The minimum absolute atomic E-state index is 0.206. The Kier molecular flexibility index (Phi) is 3.85. The summed E-state index contributed by atoms with van der Waals surface area (Å²) < 4.78 is 0.932. The van der Waals surface area contributed by atoms with Crippen molar-refractivity contribution >= 4 is 33.0 Å². The van der Waals surface area contributed by atoms with Crippen LogP contribution in [0.2, 0.25) is 0 Å². The van der Waals surface area contributed by atoms with Gasteiger partial charge >= 0.3 is 0 Å². The lowest BCUT2D eigenvalue weighted by Crippen LogP contribution is -2.06. The molecule has 0 saturated heterocycles. The van der Waals surface area contributed by atoms with Crippen LogP contribution < -0.4 is 0 Å². The summed E-state index contributed by atoms with van der Waals surface area (Å²) in [5, 5.41) is 1.99. The molecule has 0 N–H and O–H groups in total. The van der Waals surface area contributed by atoms with E-state index < -0.39 is 0 Å². The Morgan fingerprint density at radius 1 is 1.31 bits per heavy atom. The van der Waals surface area contributed by atoms with Crippen molar-refractivity contribution < 1.29 is 4.79 Å². The SMILES string of the molecule is O=C(Cc1ccc(Br)cn1)Cc1cccs1. The van der Waals surface area contributed by atoms with Gasteiger partial charge in [-0.3, -0.25) is 9.78 Å². The monoisotopic (exact) mass is 295 g/mol. The van der Waals surface area contributed by atoms with Gasteiger partial charge in [0.05, 0.1) is 0 Å². The predicted molar refractivity (Wildman–Crippen MR) is 68.7 cm³/mol. The van der Waals surface area contributed by atoms with Gasteiger partial charge in [0.25, 0.3) is 0 Å². The van der Waals surface area contributed by atoms with E-state index in [-0.39, 0.29) is 5.78 Å². The van der Waals surface area contributed by atoms with Crippen LogP contribution in [0.5, 0.6) is 0 Å². The number of ketones is 1. The normalized spacial score (nSPS) is 10.3.